The van der Waals surface area contributed by atoms with Gasteiger partial charge in [-0.2, -0.15) is 0 Å². The van der Waals surface area contributed by atoms with E-state index in [4.69, 9.17) is 16.3 Å². The topological polar surface area (TPSA) is 29.5 Å². The molecule has 33 heavy (non-hydrogen) atoms. The number of carbonyl (C=O) groups is 1. The zero-order valence-electron chi connectivity index (χ0n) is 20.6. The molecule has 1 unspecified atom stereocenters. The number of likely N-dealkylation sites (tertiary alicyclic amines) is 1. The summed E-state index contributed by atoms with van der Waals surface area (Å²) in [7, 11) is 0. The summed E-state index contributed by atoms with van der Waals surface area (Å²) in [5.74, 6) is 1.67. The van der Waals surface area contributed by atoms with Crippen LogP contribution in [0, 0.1) is 25.7 Å². The fourth-order valence-electron chi connectivity index (χ4n) is 4.69. The average Bonchev–Trinajstić information content (AvgIpc) is 2.77. The molecular formula is C29H40ClNO2. The molecule has 0 aliphatic carbocycles. The molecule has 1 atom stereocenters. The highest BCUT2D eigenvalue weighted by Gasteiger charge is 2.25. The van der Waals surface area contributed by atoms with Crippen molar-refractivity contribution in [3.05, 3.63) is 63.7 Å². The summed E-state index contributed by atoms with van der Waals surface area (Å²) in [6.45, 7) is 9.89. The van der Waals surface area contributed by atoms with Crippen molar-refractivity contribution < 1.29 is 9.53 Å². The van der Waals surface area contributed by atoms with Crippen LogP contribution in [0.25, 0.3) is 0 Å². The van der Waals surface area contributed by atoms with Crippen LogP contribution in [-0.4, -0.2) is 30.9 Å². The van der Waals surface area contributed by atoms with E-state index in [-0.39, 0.29) is 5.92 Å². The first-order valence-corrected chi connectivity index (χ1v) is 13.0. The summed E-state index contributed by atoms with van der Waals surface area (Å²) in [6, 6.07) is 13.0. The van der Waals surface area contributed by atoms with Gasteiger partial charge in [0, 0.05) is 25.6 Å². The van der Waals surface area contributed by atoms with Crippen LogP contribution in [0.3, 0.4) is 0 Å². The van der Waals surface area contributed by atoms with Crippen molar-refractivity contribution in [3.63, 3.8) is 0 Å². The van der Waals surface area contributed by atoms with E-state index in [1.807, 2.05) is 12.1 Å². The normalized spacial score (nSPS) is 15.3. The molecule has 1 heterocycles. The Morgan fingerprint density at radius 2 is 1.79 bits per heavy atom. The molecule has 0 aromatic heterocycles. The molecule has 180 valence electrons. The minimum atomic E-state index is 0.198. The molecule has 0 spiro atoms. The van der Waals surface area contributed by atoms with E-state index >= 15 is 0 Å². The van der Waals surface area contributed by atoms with Crippen LogP contribution in [0.15, 0.2) is 36.4 Å². The average molecular weight is 470 g/mol. The maximum atomic E-state index is 10.8. The Morgan fingerprint density at radius 1 is 1.03 bits per heavy atom. The van der Waals surface area contributed by atoms with Gasteiger partial charge < -0.3 is 9.53 Å². The van der Waals surface area contributed by atoms with Gasteiger partial charge in [-0.25, -0.2) is 0 Å². The van der Waals surface area contributed by atoms with E-state index in [0.717, 1.165) is 44.5 Å². The highest BCUT2D eigenvalue weighted by molar-refractivity contribution is 6.32. The Labute approximate surface area is 205 Å². The number of benzene rings is 2. The van der Waals surface area contributed by atoms with Gasteiger partial charge in [-0.05, 0) is 73.4 Å². The molecular weight excluding hydrogens is 430 g/mol. The smallest absolute Gasteiger partial charge is 0.137 e. The van der Waals surface area contributed by atoms with Gasteiger partial charge in [0.05, 0.1) is 11.6 Å². The number of nitrogens with zero attached hydrogens (tertiary/aromatic N) is 1. The largest absolute Gasteiger partial charge is 0.492 e. The van der Waals surface area contributed by atoms with E-state index < -0.39 is 0 Å². The first-order valence-electron chi connectivity index (χ1n) is 12.6. The quantitative estimate of drug-likeness (QED) is 0.216. The van der Waals surface area contributed by atoms with Gasteiger partial charge in [-0.1, -0.05) is 68.5 Å². The number of unbranched alkanes of at least 4 members (excludes halogenated alkanes) is 2. The number of aryl methyl sites for hydroxylation is 2. The van der Waals surface area contributed by atoms with Gasteiger partial charge in [0.1, 0.15) is 12.0 Å². The lowest BCUT2D eigenvalue weighted by atomic mass is 9.89. The predicted octanol–water partition coefficient (Wildman–Crippen LogP) is 7.19. The molecule has 3 rings (SSSR count). The minimum Gasteiger partial charge on any atom is -0.492 e. The van der Waals surface area contributed by atoms with Crippen LogP contribution in [0.1, 0.15) is 67.7 Å². The lowest BCUT2D eigenvalue weighted by molar-refractivity contribution is -0.115. The number of halogens is 1. The highest BCUT2D eigenvalue weighted by atomic mass is 35.5. The Hall–Kier alpha value is -1.84. The molecule has 1 aliphatic rings. The molecule has 0 amide bonds. The Balaban J connectivity index is 1.45. The number of ether oxygens (including phenoxy) is 1. The van der Waals surface area contributed by atoms with E-state index in [0.29, 0.717) is 17.5 Å². The minimum absolute atomic E-state index is 0.198. The van der Waals surface area contributed by atoms with Gasteiger partial charge in [-0.3, -0.25) is 4.90 Å². The lowest BCUT2D eigenvalue weighted by Crippen LogP contribution is -2.46. The number of carbonyl (C=O) groups excluding carboxylic acids is 1. The molecule has 0 bridgehead atoms. The summed E-state index contributed by atoms with van der Waals surface area (Å²) < 4.78 is 6.04. The van der Waals surface area contributed by atoms with E-state index in [1.54, 1.807) is 0 Å². The summed E-state index contributed by atoms with van der Waals surface area (Å²) >= 11 is 6.49. The summed E-state index contributed by atoms with van der Waals surface area (Å²) in [4.78, 5) is 13.0. The second-order valence-electron chi connectivity index (χ2n) is 9.83. The molecule has 1 aliphatic heterocycles. The molecule has 3 nitrogen and oxygen atoms in total. The SMILES string of the molecule is CCCCCC(CCCOc1ccc(CN2CC(C=O)C2)cc1Cl)Cc1ccc(C)c(C)c1. The number of hydrogen-bond donors (Lipinski definition) is 0. The third-order valence-electron chi connectivity index (χ3n) is 6.91. The monoisotopic (exact) mass is 469 g/mol. The first-order chi connectivity index (χ1) is 16.0. The summed E-state index contributed by atoms with van der Waals surface area (Å²) in [5, 5.41) is 0.676. The second kappa shape index (κ2) is 13.2. The highest BCUT2D eigenvalue weighted by Crippen LogP contribution is 2.28. The molecule has 0 saturated carbocycles. The van der Waals surface area contributed by atoms with Crippen LogP contribution >= 0.6 is 11.6 Å². The van der Waals surface area contributed by atoms with Gasteiger partial charge in [-0.15, -0.1) is 0 Å². The predicted molar refractivity (Wildman–Crippen MR) is 138 cm³/mol. The molecule has 0 N–H and O–H groups in total. The Kier molecular flexibility index (Phi) is 10.3. The zero-order valence-corrected chi connectivity index (χ0v) is 21.4. The molecule has 2 aromatic rings. The van der Waals surface area contributed by atoms with Crippen molar-refractivity contribution in [1.29, 1.82) is 0 Å². The van der Waals surface area contributed by atoms with Crippen molar-refractivity contribution >= 4 is 17.9 Å². The fourth-order valence-corrected chi connectivity index (χ4v) is 4.95. The summed E-state index contributed by atoms with van der Waals surface area (Å²) in [5.41, 5.74) is 5.38. The maximum Gasteiger partial charge on any atom is 0.137 e. The fraction of sp³-hybridized carbons (Fsp3) is 0.552. The van der Waals surface area contributed by atoms with Gasteiger partial charge in [0.2, 0.25) is 0 Å². The van der Waals surface area contributed by atoms with Crippen molar-refractivity contribution in [2.24, 2.45) is 11.8 Å². The van der Waals surface area contributed by atoms with E-state index in [1.165, 1.54) is 54.4 Å². The van der Waals surface area contributed by atoms with Gasteiger partial charge in [0.25, 0.3) is 0 Å². The second-order valence-corrected chi connectivity index (χ2v) is 10.2. The number of hydrogen-bond acceptors (Lipinski definition) is 3. The van der Waals surface area contributed by atoms with Gasteiger partial charge >= 0.3 is 0 Å². The van der Waals surface area contributed by atoms with Gasteiger partial charge in [0.15, 0.2) is 0 Å². The third kappa shape index (κ3) is 8.15. The van der Waals surface area contributed by atoms with Crippen molar-refractivity contribution in [3.8, 4) is 5.75 Å². The van der Waals surface area contributed by atoms with Crippen molar-refractivity contribution in [1.82, 2.24) is 4.90 Å². The van der Waals surface area contributed by atoms with Crippen LogP contribution in [0.2, 0.25) is 5.02 Å². The number of rotatable bonds is 14. The number of aldehydes is 1. The molecule has 4 heteroatoms. The van der Waals surface area contributed by atoms with E-state index in [2.05, 4.69) is 49.9 Å². The third-order valence-corrected chi connectivity index (χ3v) is 7.20. The van der Waals surface area contributed by atoms with Crippen molar-refractivity contribution in [2.75, 3.05) is 19.7 Å². The Morgan fingerprint density at radius 3 is 2.48 bits per heavy atom. The standard InChI is InChI=1S/C29H40ClNO2/c1-4-5-6-8-24(16-25-11-10-22(2)23(3)15-25)9-7-14-33-29-13-12-26(17-28(29)30)18-31-19-27(20-31)21-32/h10-13,15,17,21,24,27H,4-9,14,16,18-20H2,1-3H3. The molecule has 0 radical (unpaired) electrons. The molecule has 1 saturated heterocycles. The molecule has 1 fully saturated rings. The maximum absolute atomic E-state index is 10.8. The van der Waals surface area contributed by atoms with Crippen molar-refractivity contribution in [2.45, 2.75) is 72.3 Å². The van der Waals surface area contributed by atoms with Crippen LogP contribution < -0.4 is 4.74 Å². The van der Waals surface area contributed by atoms with E-state index in [9.17, 15) is 4.79 Å². The first kappa shape index (κ1) is 25.8. The van der Waals surface area contributed by atoms with Crippen LogP contribution in [0.5, 0.6) is 5.75 Å². The van der Waals surface area contributed by atoms with Crippen LogP contribution in [-0.2, 0) is 17.8 Å². The zero-order chi connectivity index (χ0) is 23.6. The lowest BCUT2D eigenvalue weighted by Gasteiger charge is -2.36. The van der Waals surface area contributed by atoms with Crippen LogP contribution in [0.4, 0.5) is 0 Å². The Bertz CT molecular complexity index is 891. The molecule has 2 aromatic carbocycles. The summed E-state index contributed by atoms with van der Waals surface area (Å²) in [6.07, 6.45) is 9.61.